The van der Waals surface area contributed by atoms with E-state index in [9.17, 15) is 14.4 Å². The second kappa shape index (κ2) is 8.02. The average molecular weight is 404 g/mol. The molecular formula is C23H24N4O3. The molecule has 1 unspecified atom stereocenters. The SMILES string of the molecule is CCc1c(NC(=O)CC2Cc3ccccc3NC2=O)c(=O)n(-c2ccccc2)n1C. The Kier molecular flexibility index (Phi) is 5.27. The molecule has 3 aromatic rings. The third-order valence-corrected chi connectivity index (χ3v) is 5.53. The van der Waals surface area contributed by atoms with Gasteiger partial charge in [0.15, 0.2) is 0 Å². The maximum atomic E-state index is 13.1. The van der Waals surface area contributed by atoms with Crippen molar-refractivity contribution in [2.75, 3.05) is 10.6 Å². The third-order valence-electron chi connectivity index (χ3n) is 5.53. The van der Waals surface area contributed by atoms with Crippen molar-refractivity contribution >= 4 is 23.2 Å². The van der Waals surface area contributed by atoms with Crippen LogP contribution in [0.25, 0.3) is 5.69 Å². The van der Waals surface area contributed by atoms with Gasteiger partial charge in [0.05, 0.1) is 17.3 Å². The quantitative estimate of drug-likeness (QED) is 0.686. The zero-order chi connectivity index (χ0) is 21.3. The van der Waals surface area contributed by atoms with Crippen molar-refractivity contribution in [3.63, 3.8) is 0 Å². The van der Waals surface area contributed by atoms with E-state index < -0.39 is 5.92 Å². The number of rotatable bonds is 5. The summed E-state index contributed by atoms with van der Waals surface area (Å²) in [5.74, 6) is -0.980. The summed E-state index contributed by atoms with van der Waals surface area (Å²) >= 11 is 0. The molecule has 7 nitrogen and oxygen atoms in total. The number of anilines is 2. The Labute approximate surface area is 174 Å². The first-order valence-corrected chi connectivity index (χ1v) is 10.0. The van der Waals surface area contributed by atoms with Crippen LogP contribution in [-0.4, -0.2) is 21.2 Å². The highest BCUT2D eigenvalue weighted by Gasteiger charge is 2.29. The number of benzene rings is 2. The van der Waals surface area contributed by atoms with Crippen LogP contribution in [0.15, 0.2) is 59.4 Å². The normalized spacial score (nSPS) is 15.4. The average Bonchev–Trinajstić information content (AvgIpc) is 2.98. The van der Waals surface area contributed by atoms with Crippen molar-refractivity contribution in [2.24, 2.45) is 13.0 Å². The van der Waals surface area contributed by atoms with Crippen molar-refractivity contribution in [1.82, 2.24) is 9.36 Å². The standard InChI is InChI=1S/C23H24N4O3/c1-3-19-21(23(30)27(26(19)2)17-10-5-4-6-11-17)25-20(28)14-16-13-15-9-7-8-12-18(15)24-22(16)29/h4-12,16H,3,13-14H2,1-2H3,(H,24,29)(H,25,28). The summed E-state index contributed by atoms with van der Waals surface area (Å²) in [6, 6.07) is 16.9. The zero-order valence-corrected chi connectivity index (χ0v) is 17.0. The van der Waals surface area contributed by atoms with Crippen LogP contribution in [0.3, 0.4) is 0 Å². The Morgan fingerprint density at radius 2 is 1.80 bits per heavy atom. The molecule has 4 rings (SSSR count). The van der Waals surface area contributed by atoms with Crippen molar-refractivity contribution in [3.05, 3.63) is 76.2 Å². The summed E-state index contributed by atoms with van der Waals surface area (Å²) in [6.07, 6.45) is 1.10. The molecule has 0 radical (unpaired) electrons. The zero-order valence-electron chi connectivity index (χ0n) is 17.0. The van der Waals surface area contributed by atoms with Gasteiger partial charge in [0.25, 0.3) is 5.56 Å². The molecular weight excluding hydrogens is 380 g/mol. The lowest BCUT2D eigenvalue weighted by Crippen LogP contribution is -2.33. The molecule has 0 aliphatic carbocycles. The monoisotopic (exact) mass is 404 g/mol. The van der Waals surface area contributed by atoms with E-state index in [0.29, 0.717) is 12.8 Å². The molecule has 2 aromatic carbocycles. The number of para-hydroxylation sites is 2. The van der Waals surface area contributed by atoms with Crippen LogP contribution in [0.2, 0.25) is 0 Å². The molecule has 1 atom stereocenters. The maximum absolute atomic E-state index is 13.1. The molecule has 0 spiro atoms. The number of nitrogens with one attached hydrogen (secondary N) is 2. The highest BCUT2D eigenvalue weighted by Crippen LogP contribution is 2.27. The van der Waals surface area contributed by atoms with Crippen molar-refractivity contribution in [1.29, 1.82) is 0 Å². The van der Waals surface area contributed by atoms with Gasteiger partial charge in [0, 0.05) is 19.2 Å². The lowest BCUT2D eigenvalue weighted by Gasteiger charge is -2.24. The summed E-state index contributed by atoms with van der Waals surface area (Å²) in [5.41, 5.74) is 3.24. The minimum absolute atomic E-state index is 0.0169. The van der Waals surface area contributed by atoms with Crippen LogP contribution in [0.5, 0.6) is 0 Å². The molecule has 2 amide bonds. The first kappa shape index (κ1) is 19.7. The summed E-state index contributed by atoms with van der Waals surface area (Å²) in [6.45, 7) is 1.94. The predicted molar refractivity (Wildman–Crippen MR) is 116 cm³/mol. The second-order valence-corrected chi connectivity index (χ2v) is 7.45. The molecule has 1 aliphatic rings. The number of nitrogens with zero attached hydrogens (tertiary/aromatic N) is 2. The van der Waals surface area contributed by atoms with E-state index in [1.54, 1.807) is 11.7 Å². The Balaban J connectivity index is 1.57. The van der Waals surface area contributed by atoms with Crippen LogP contribution in [0.1, 0.15) is 24.6 Å². The largest absolute Gasteiger partial charge is 0.326 e. The number of carbonyl (C=O) groups excluding carboxylic acids is 2. The van der Waals surface area contributed by atoms with Crippen LogP contribution in [0, 0.1) is 5.92 Å². The Morgan fingerprint density at radius 3 is 2.53 bits per heavy atom. The smallest absolute Gasteiger partial charge is 0.295 e. The Morgan fingerprint density at radius 1 is 1.10 bits per heavy atom. The van der Waals surface area contributed by atoms with Gasteiger partial charge in [-0.15, -0.1) is 0 Å². The molecule has 30 heavy (non-hydrogen) atoms. The van der Waals surface area contributed by atoms with Gasteiger partial charge in [-0.1, -0.05) is 43.3 Å². The molecule has 1 aromatic heterocycles. The Hall–Kier alpha value is -3.61. The van der Waals surface area contributed by atoms with E-state index >= 15 is 0 Å². The van der Waals surface area contributed by atoms with Gasteiger partial charge in [-0.2, -0.15) is 0 Å². The van der Waals surface area contributed by atoms with Crippen molar-refractivity contribution in [2.45, 2.75) is 26.2 Å². The predicted octanol–water partition coefficient (Wildman–Crippen LogP) is 2.88. The number of fused-ring (bicyclic) bond motifs is 1. The molecule has 154 valence electrons. The fraction of sp³-hybridized carbons (Fsp3) is 0.261. The molecule has 0 saturated carbocycles. The summed E-state index contributed by atoms with van der Waals surface area (Å²) in [7, 11) is 1.80. The summed E-state index contributed by atoms with van der Waals surface area (Å²) in [4.78, 5) is 38.3. The molecule has 0 fully saturated rings. The van der Waals surface area contributed by atoms with E-state index in [2.05, 4.69) is 10.6 Å². The minimum Gasteiger partial charge on any atom is -0.326 e. The highest BCUT2D eigenvalue weighted by atomic mass is 16.2. The van der Waals surface area contributed by atoms with Crippen LogP contribution in [0.4, 0.5) is 11.4 Å². The topological polar surface area (TPSA) is 85.1 Å². The lowest BCUT2D eigenvalue weighted by molar-refractivity contribution is -0.125. The molecule has 0 saturated heterocycles. The van der Waals surface area contributed by atoms with Gasteiger partial charge in [-0.05, 0) is 36.6 Å². The van der Waals surface area contributed by atoms with Crippen LogP contribution in [-0.2, 0) is 29.5 Å². The van der Waals surface area contributed by atoms with Gasteiger partial charge in [-0.3, -0.25) is 19.1 Å². The first-order valence-electron chi connectivity index (χ1n) is 10.0. The maximum Gasteiger partial charge on any atom is 0.295 e. The van der Waals surface area contributed by atoms with Crippen LogP contribution >= 0.6 is 0 Å². The summed E-state index contributed by atoms with van der Waals surface area (Å²) < 4.78 is 3.30. The van der Waals surface area contributed by atoms with E-state index in [-0.39, 0.29) is 29.5 Å². The first-order chi connectivity index (χ1) is 14.5. The minimum atomic E-state index is -0.468. The van der Waals surface area contributed by atoms with E-state index in [1.807, 2.05) is 61.5 Å². The molecule has 2 N–H and O–H groups in total. The summed E-state index contributed by atoms with van der Waals surface area (Å²) in [5, 5.41) is 5.64. The molecule has 7 heteroatoms. The van der Waals surface area contributed by atoms with E-state index in [1.165, 1.54) is 4.68 Å². The fourth-order valence-corrected chi connectivity index (χ4v) is 4.03. The lowest BCUT2D eigenvalue weighted by atomic mass is 9.90. The van der Waals surface area contributed by atoms with E-state index in [4.69, 9.17) is 0 Å². The second-order valence-electron chi connectivity index (χ2n) is 7.45. The van der Waals surface area contributed by atoms with E-state index in [0.717, 1.165) is 22.6 Å². The third kappa shape index (κ3) is 3.54. The van der Waals surface area contributed by atoms with Crippen molar-refractivity contribution in [3.8, 4) is 5.69 Å². The fourth-order valence-electron chi connectivity index (χ4n) is 4.03. The van der Waals surface area contributed by atoms with Gasteiger partial charge in [0.1, 0.15) is 5.69 Å². The molecule has 0 bridgehead atoms. The molecule has 1 aliphatic heterocycles. The van der Waals surface area contributed by atoms with Gasteiger partial charge in [-0.25, -0.2) is 4.68 Å². The van der Waals surface area contributed by atoms with Gasteiger partial charge >= 0.3 is 0 Å². The number of amides is 2. The van der Waals surface area contributed by atoms with Crippen LogP contribution < -0.4 is 16.2 Å². The number of hydrogen-bond acceptors (Lipinski definition) is 3. The Bertz CT molecular complexity index is 1160. The highest BCUT2D eigenvalue weighted by molar-refractivity contribution is 6.00. The molecule has 2 heterocycles. The van der Waals surface area contributed by atoms with Gasteiger partial charge in [0.2, 0.25) is 11.8 Å². The number of hydrogen-bond donors (Lipinski definition) is 2. The van der Waals surface area contributed by atoms with Gasteiger partial charge < -0.3 is 10.6 Å². The number of aromatic nitrogens is 2. The van der Waals surface area contributed by atoms with Crippen molar-refractivity contribution < 1.29 is 9.59 Å². The number of carbonyl (C=O) groups is 2.